The van der Waals surface area contributed by atoms with Gasteiger partial charge in [-0.25, -0.2) is 0 Å². The van der Waals surface area contributed by atoms with Gasteiger partial charge in [0, 0.05) is 5.69 Å². The Balaban J connectivity index is 2.36. The molecule has 0 fully saturated rings. The van der Waals surface area contributed by atoms with Gasteiger partial charge in [0.1, 0.15) is 0 Å². The van der Waals surface area contributed by atoms with Crippen LogP contribution in [0.4, 0.5) is 11.4 Å². The van der Waals surface area contributed by atoms with Crippen LogP contribution in [0.2, 0.25) is 0 Å². The number of nitrogens with zero attached hydrogens (tertiary/aromatic N) is 1. The Labute approximate surface area is 122 Å². The van der Waals surface area contributed by atoms with E-state index in [1.807, 2.05) is 0 Å². The Morgan fingerprint density at radius 3 is 2.45 bits per heavy atom. The molecule has 0 saturated heterocycles. The van der Waals surface area contributed by atoms with Gasteiger partial charge < -0.3 is 10.4 Å². The molecule has 102 valence electrons. The zero-order valence-electron chi connectivity index (χ0n) is 10.0. The maximum Gasteiger partial charge on any atom is 0.325 e. The van der Waals surface area contributed by atoms with Crippen LogP contribution in [0.25, 0.3) is 0 Å². The highest BCUT2D eigenvalue weighted by Crippen LogP contribution is 2.36. The molecular weight excluding hydrogens is 328 g/mol. The summed E-state index contributed by atoms with van der Waals surface area (Å²) >= 11 is 2.96. The molecular formula is C13H9BrN2O4. The van der Waals surface area contributed by atoms with Crippen molar-refractivity contribution in [3.63, 3.8) is 0 Å². The van der Waals surface area contributed by atoms with Crippen LogP contribution in [0, 0.1) is 10.1 Å². The fourth-order valence-electron chi connectivity index (χ4n) is 1.63. The zero-order valence-corrected chi connectivity index (χ0v) is 11.6. The molecule has 0 aliphatic carbocycles. The quantitative estimate of drug-likeness (QED) is 0.664. The minimum atomic E-state index is -0.751. The van der Waals surface area contributed by atoms with E-state index in [2.05, 4.69) is 21.2 Å². The van der Waals surface area contributed by atoms with Gasteiger partial charge in [0.05, 0.1) is 15.0 Å². The number of nitrogens with one attached hydrogen (secondary N) is 1. The predicted octanol–water partition coefficient (Wildman–Crippen LogP) is 3.32. The maximum atomic E-state index is 12.0. The molecule has 2 rings (SSSR count). The fraction of sp³-hybridized carbons (Fsp3) is 0. The van der Waals surface area contributed by atoms with Crippen LogP contribution in [0.3, 0.4) is 0 Å². The lowest BCUT2D eigenvalue weighted by Gasteiger charge is -2.07. The van der Waals surface area contributed by atoms with Crippen molar-refractivity contribution in [1.29, 1.82) is 0 Å². The van der Waals surface area contributed by atoms with Crippen LogP contribution in [0.15, 0.2) is 46.9 Å². The number of para-hydroxylation sites is 1. The molecule has 20 heavy (non-hydrogen) atoms. The summed E-state index contributed by atoms with van der Waals surface area (Å²) in [6, 6.07) is 11.3. The molecule has 6 nitrogen and oxygen atoms in total. The molecule has 0 aromatic heterocycles. The highest BCUT2D eigenvalue weighted by atomic mass is 79.9. The van der Waals surface area contributed by atoms with E-state index in [9.17, 15) is 20.0 Å². The van der Waals surface area contributed by atoms with Gasteiger partial charge in [-0.05, 0) is 40.2 Å². The van der Waals surface area contributed by atoms with Crippen LogP contribution in [0.1, 0.15) is 10.4 Å². The van der Waals surface area contributed by atoms with Gasteiger partial charge in [-0.3, -0.25) is 14.9 Å². The second-order valence-electron chi connectivity index (χ2n) is 3.87. The van der Waals surface area contributed by atoms with E-state index in [1.54, 1.807) is 30.3 Å². The monoisotopic (exact) mass is 336 g/mol. The molecule has 0 bridgehead atoms. The lowest BCUT2D eigenvalue weighted by atomic mass is 10.1. The van der Waals surface area contributed by atoms with E-state index in [4.69, 9.17) is 0 Å². The topological polar surface area (TPSA) is 92.5 Å². The predicted molar refractivity (Wildman–Crippen MR) is 76.9 cm³/mol. The number of nitro groups is 1. The lowest BCUT2D eigenvalue weighted by molar-refractivity contribution is -0.386. The third-order valence-electron chi connectivity index (χ3n) is 2.56. The number of hydrogen-bond acceptors (Lipinski definition) is 4. The largest absolute Gasteiger partial charge is 0.502 e. The van der Waals surface area contributed by atoms with Crippen molar-refractivity contribution in [2.45, 2.75) is 0 Å². The molecule has 0 atom stereocenters. The van der Waals surface area contributed by atoms with E-state index in [1.165, 1.54) is 12.1 Å². The third kappa shape index (κ3) is 2.77. The van der Waals surface area contributed by atoms with Gasteiger partial charge in [0.15, 0.2) is 0 Å². The van der Waals surface area contributed by atoms with Gasteiger partial charge in [-0.1, -0.05) is 18.2 Å². The summed E-state index contributed by atoms with van der Waals surface area (Å²) in [4.78, 5) is 22.1. The third-order valence-corrected chi connectivity index (χ3v) is 3.20. The molecule has 0 unspecified atom stereocenters. The zero-order chi connectivity index (χ0) is 14.7. The summed E-state index contributed by atoms with van der Waals surface area (Å²) in [6.45, 7) is 0. The molecule has 0 aliphatic heterocycles. The molecule has 0 radical (unpaired) electrons. The molecule has 0 heterocycles. The molecule has 1 amide bonds. The Morgan fingerprint density at radius 1 is 1.20 bits per heavy atom. The molecule has 0 spiro atoms. The van der Waals surface area contributed by atoms with Crippen molar-refractivity contribution >= 4 is 33.2 Å². The molecule has 2 aromatic rings. The number of hydrogen-bond donors (Lipinski definition) is 2. The summed E-state index contributed by atoms with van der Waals surface area (Å²) < 4.78 is 0.108. The number of amides is 1. The van der Waals surface area contributed by atoms with Crippen LogP contribution in [-0.4, -0.2) is 15.9 Å². The molecule has 0 aliphatic rings. The first-order valence-corrected chi connectivity index (χ1v) is 6.32. The molecule has 2 N–H and O–H groups in total. The lowest BCUT2D eigenvalue weighted by Crippen LogP contribution is -2.12. The fourth-order valence-corrected chi connectivity index (χ4v) is 2.10. The summed E-state index contributed by atoms with van der Waals surface area (Å²) in [5.74, 6) is -1.29. The number of anilines is 1. The minimum Gasteiger partial charge on any atom is -0.502 e. The number of rotatable bonds is 3. The smallest absolute Gasteiger partial charge is 0.325 e. The van der Waals surface area contributed by atoms with E-state index in [0.29, 0.717) is 5.69 Å². The van der Waals surface area contributed by atoms with Crippen LogP contribution in [0.5, 0.6) is 5.75 Å². The summed E-state index contributed by atoms with van der Waals surface area (Å²) in [7, 11) is 0. The Bertz CT molecular complexity index is 674. The number of benzene rings is 2. The first-order valence-electron chi connectivity index (χ1n) is 5.53. The van der Waals surface area contributed by atoms with E-state index in [0.717, 1.165) is 0 Å². The van der Waals surface area contributed by atoms with Gasteiger partial charge in [0.25, 0.3) is 5.91 Å². The van der Waals surface area contributed by atoms with Gasteiger partial charge in [0.2, 0.25) is 5.75 Å². The highest BCUT2D eigenvalue weighted by Gasteiger charge is 2.24. The first kappa shape index (κ1) is 14.0. The van der Waals surface area contributed by atoms with E-state index in [-0.39, 0.29) is 10.0 Å². The van der Waals surface area contributed by atoms with Crippen LogP contribution < -0.4 is 5.32 Å². The van der Waals surface area contributed by atoms with Crippen molar-refractivity contribution in [3.8, 4) is 5.75 Å². The Morgan fingerprint density at radius 2 is 1.85 bits per heavy atom. The van der Waals surface area contributed by atoms with Crippen LogP contribution in [-0.2, 0) is 0 Å². The van der Waals surface area contributed by atoms with Crippen molar-refractivity contribution in [3.05, 3.63) is 62.6 Å². The number of aromatic hydroxyl groups is 1. The summed E-state index contributed by atoms with van der Waals surface area (Å²) in [5.41, 5.74) is -0.170. The number of halogens is 1. The Hall–Kier alpha value is -2.41. The Kier molecular flexibility index (Phi) is 3.99. The second kappa shape index (κ2) is 5.70. The molecule has 0 saturated carbocycles. The highest BCUT2D eigenvalue weighted by molar-refractivity contribution is 9.10. The van der Waals surface area contributed by atoms with E-state index < -0.39 is 22.3 Å². The molecule has 2 aromatic carbocycles. The number of phenolic OH excluding ortho intramolecular Hbond substituents is 1. The van der Waals surface area contributed by atoms with E-state index >= 15 is 0 Å². The van der Waals surface area contributed by atoms with Crippen molar-refractivity contribution < 1.29 is 14.8 Å². The number of carbonyl (C=O) groups excluding carboxylic acids is 1. The summed E-state index contributed by atoms with van der Waals surface area (Å²) in [6.07, 6.45) is 0. The van der Waals surface area contributed by atoms with Gasteiger partial charge in [-0.2, -0.15) is 0 Å². The van der Waals surface area contributed by atoms with Gasteiger partial charge in [-0.15, -0.1) is 0 Å². The maximum absolute atomic E-state index is 12.0. The normalized spacial score (nSPS) is 10.1. The minimum absolute atomic E-state index is 0.108. The van der Waals surface area contributed by atoms with Crippen molar-refractivity contribution in [2.24, 2.45) is 0 Å². The average Bonchev–Trinajstić information content (AvgIpc) is 2.39. The van der Waals surface area contributed by atoms with Gasteiger partial charge >= 0.3 is 5.69 Å². The number of nitro benzene ring substituents is 1. The van der Waals surface area contributed by atoms with Crippen molar-refractivity contribution in [2.75, 3.05) is 5.32 Å². The molecule has 7 heteroatoms. The van der Waals surface area contributed by atoms with Crippen molar-refractivity contribution in [1.82, 2.24) is 0 Å². The summed E-state index contributed by atoms with van der Waals surface area (Å²) in [5, 5.41) is 23.3. The average molecular weight is 337 g/mol. The number of phenols is 1. The second-order valence-corrected chi connectivity index (χ2v) is 4.72. The number of carbonyl (C=O) groups is 1. The SMILES string of the molecule is O=C(Nc1ccccc1)c1ccc(Br)c([N+](=O)[O-])c1O. The first-order chi connectivity index (χ1) is 9.50. The van der Waals surface area contributed by atoms with Crippen LogP contribution >= 0.6 is 15.9 Å². The standard InChI is InChI=1S/C13H9BrN2O4/c14-10-7-6-9(12(17)11(10)16(19)20)13(18)15-8-4-2-1-3-5-8/h1-7,17H,(H,15,18).